The fraction of sp³-hybridized carbons (Fsp3) is 0.167. The van der Waals surface area contributed by atoms with E-state index in [1.54, 1.807) is 74.4 Å². The maximum Gasteiger partial charge on any atom is 0.295 e. The lowest BCUT2D eigenvalue weighted by Crippen LogP contribution is -2.29. The summed E-state index contributed by atoms with van der Waals surface area (Å²) in [6, 6.07) is 11.4. The fourth-order valence-electron chi connectivity index (χ4n) is 3.80. The van der Waals surface area contributed by atoms with Gasteiger partial charge >= 0.3 is 0 Å². The van der Waals surface area contributed by atoms with Crippen LogP contribution in [0.1, 0.15) is 28.3 Å². The molecule has 1 unspecified atom stereocenters. The number of rotatable bonds is 5. The number of aliphatic hydroxyl groups is 1. The van der Waals surface area contributed by atoms with Crippen LogP contribution >= 0.6 is 0 Å². The number of aryl methyl sites for hydroxylation is 1. The van der Waals surface area contributed by atoms with Crippen molar-refractivity contribution in [2.75, 3.05) is 7.11 Å². The summed E-state index contributed by atoms with van der Waals surface area (Å²) in [6.45, 7) is 2.05. The van der Waals surface area contributed by atoms with Crippen LogP contribution in [-0.4, -0.2) is 38.8 Å². The van der Waals surface area contributed by atoms with Crippen LogP contribution in [-0.2, 0) is 16.1 Å². The third-order valence-electron chi connectivity index (χ3n) is 5.33. The van der Waals surface area contributed by atoms with Gasteiger partial charge in [-0.05, 0) is 66.1 Å². The Hall–Kier alpha value is -4.00. The summed E-state index contributed by atoms with van der Waals surface area (Å²) in [5.41, 5.74) is 2.82. The predicted octanol–water partition coefficient (Wildman–Crippen LogP) is 3.42. The van der Waals surface area contributed by atoms with Crippen LogP contribution in [0.2, 0.25) is 0 Å². The van der Waals surface area contributed by atoms with Crippen molar-refractivity contribution in [1.82, 2.24) is 14.9 Å². The van der Waals surface area contributed by atoms with Crippen molar-refractivity contribution in [2.45, 2.75) is 19.5 Å². The highest BCUT2D eigenvalue weighted by molar-refractivity contribution is 6.46. The van der Waals surface area contributed by atoms with Gasteiger partial charge in [0, 0.05) is 36.9 Å². The highest BCUT2D eigenvalue weighted by Gasteiger charge is 2.46. The molecule has 3 aromatic rings. The molecule has 1 amide bonds. The van der Waals surface area contributed by atoms with E-state index in [0.717, 1.165) is 11.1 Å². The van der Waals surface area contributed by atoms with E-state index < -0.39 is 17.7 Å². The Morgan fingerprint density at radius 3 is 2.29 bits per heavy atom. The number of likely N-dealkylation sites (tertiary alicyclic amines) is 1. The first kappa shape index (κ1) is 20.3. The van der Waals surface area contributed by atoms with E-state index in [9.17, 15) is 14.7 Å². The standard InChI is InChI=1S/C24H21N3O4/c1-15-13-18(3-4-19(15)31-2)22(28)20-21(17-7-11-26-12-8-17)27(24(30)23(20)29)14-16-5-9-25-10-6-16/h3-13,21,28H,14H2,1-2H3/b22-20-. The van der Waals surface area contributed by atoms with Crippen LogP contribution in [0.3, 0.4) is 0 Å². The van der Waals surface area contributed by atoms with Gasteiger partial charge in [-0.15, -0.1) is 0 Å². The lowest BCUT2D eigenvalue weighted by Gasteiger charge is -2.25. The molecule has 0 spiro atoms. The van der Waals surface area contributed by atoms with E-state index >= 15 is 0 Å². The molecular weight excluding hydrogens is 394 g/mol. The summed E-state index contributed by atoms with van der Waals surface area (Å²) < 4.78 is 5.28. The molecule has 156 valence electrons. The molecule has 1 fully saturated rings. The van der Waals surface area contributed by atoms with E-state index in [1.165, 1.54) is 4.90 Å². The number of carbonyl (C=O) groups is 2. The molecule has 7 nitrogen and oxygen atoms in total. The van der Waals surface area contributed by atoms with Crippen molar-refractivity contribution in [3.63, 3.8) is 0 Å². The number of pyridine rings is 2. The van der Waals surface area contributed by atoms with Gasteiger partial charge in [0.2, 0.25) is 0 Å². The molecule has 0 aliphatic carbocycles. The van der Waals surface area contributed by atoms with Gasteiger partial charge in [0.05, 0.1) is 18.7 Å². The van der Waals surface area contributed by atoms with Gasteiger partial charge in [-0.25, -0.2) is 0 Å². The number of nitrogens with zero attached hydrogens (tertiary/aromatic N) is 3. The Morgan fingerprint density at radius 1 is 1.03 bits per heavy atom. The van der Waals surface area contributed by atoms with E-state index in [0.29, 0.717) is 16.9 Å². The number of hydrogen-bond donors (Lipinski definition) is 1. The number of Topliss-reactive ketones (excluding diaryl/α,β-unsaturated/α-hetero) is 1. The molecule has 2 aromatic heterocycles. The number of amides is 1. The average molecular weight is 415 g/mol. The first-order chi connectivity index (χ1) is 15.0. The Bertz CT molecular complexity index is 1160. The summed E-state index contributed by atoms with van der Waals surface area (Å²) in [6.07, 6.45) is 6.46. The summed E-state index contributed by atoms with van der Waals surface area (Å²) in [5.74, 6) is -0.934. The molecule has 1 aromatic carbocycles. The quantitative estimate of drug-likeness (QED) is 0.390. The molecule has 1 aliphatic rings. The lowest BCUT2D eigenvalue weighted by molar-refractivity contribution is -0.140. The zero-order valence-corrected chi connectivity index (χ0v) is 17.1. The summed E-state index contributed by atoms with van der Waals surface area (Å²) in [4.78, 5) is 35.5. The van der Waals surface area contributed by atoms with Crippen molar-refractivity contribution in [3.05, 3.63) is 95.1 Å². The van der Waals surface area contributed by atoms with Crippen LogP contribution in [0.25, 0.3) is 5.76 Å². The molecule has 3 heterocycles. The number of ketones is 1. The molecule has 1 aliphatic heterocycles. The molecule has 7 heteroatoms. The van der Waals surface area contributed by atoms with Crippen LogP contribution < -0.4 is 4.74 Å². The largest absolute Gasteiger partial charge is 0.507 e. The summed E-state index contributed by atoms with van der Waals surface area (Å²) >= 11 is 0. The molecule has 1 atom stereocenters. The highest BCUT2D eigenvalue weighted by atomic mass is 16.5. The Balaban J connectivity index is 1.85. The zero-order chi connectivity index (χ0) is 22.0. The smallest absolute Gasteiger partial charge is 0.295 e. The Labute approximate surface area is 179 Å². The van der Waals surface area contributed by atoms with Crippen molar-refractivity contribution in [1.29, 1.82) is 0 Å². The summed E-state index contributed by atoms with van der Waals surface area (Å²) in [5, 5.41) is 11.1. The van der Waals surface area contributed by atoms with Gasteiger partial charge in [-0.2, -0.15) is 0 Å². The summed E-state index contributed by atoms with van der Waals surface area (Å²) in [7, 11) is 1.57. The molecular formula is C24H21N3O4. The fourth-order valence-corrected chi connectivity index (χ4v) is 3.80. The van der Waals surface area contributed by atoms with Crippen LogP contribution in [0, 0.1) is 6.92 Å². The number of hydrogen-bond acceptors (Lipinski definition) is 6. The van der Waals surface area contributed by atoms with E-state index in [4.69, 9.17) is 4.74 Å². The van der Waals surface area contributed by atoms with E-state index in [-0.39, 0.29) is 17.9 Å². The predicted molar refractivity (Wildman–Crippen MR) is 114 cm³/mol. The van der Waals surface area contributed by atoms with Crippen LogP contribution in [0.5, 0.6) is 5.75 Å². The van der Waals surface area contributed by atoms with Crippen molar-refractivity contribution in [3.8, 4) is 5.75 Å². The second-order valence-electron chi connectivity index (χ2n) is 7.25. The third-order valence-corrected chi connectivity index (χ3v) is 5.33. The number of ether oxygens (including phenoxy) is 1. The minimum atomic E-state index is -0.737. The molecule has 1 N–H and O–H groups in total. The maximum atomic E-state index is 13.1. The van der Waals surface area contributed by atoms with Gasteiger partial charge in [-0.3, -0.25) is 19.6 Å². The zero-order valence-electron chi connectivity index (χ0n) is 17.1. The molecule has 0 saturated carbocycles. The van der Waals surface area contributed by atoms with Gasteiger partial charge in [0.25, 0.3) is 11.7 Å². The lowest BCUT2D eigenvalue weighted by atomic mass is 9.95. The number of aromatic nitrogens is 2. The minimum Gasteiger partial charge on any atom is -0.507 e. The second kappa shape index (κ2) is 8.39. The molecule has 0 radical (unpaired) electrons. The van der Waals surface area contributed by atoms with Gasteiger partial charge in [0.1, 0.15) is 11.5 Å². The van der Waals surface area contributed by atoms with E-state index in [2.05, 4.69) is 9.97 Å². The number of aliphatic hydroxyl groups excluding tert-OH is 1. The molecule has 0 bridgehead atoms. The van der Waals surface area contributed by atoms with Gasteiger partial charge < -0.3 is 14.7 Å². The van der Waals surface area contributed by atoms with Gasteiger partial charge in [-0.1, -0.05) is 0 Å². The van der Waals surface area contributed by atoms with Crippen molar-refractivity contribution >= 4 is 17.4 Å². The van der Waals surface area contributed by atoms with Crippen LogP contribution in [0.15, 0.2) is 72.8 Å². The van der Waals surface area contributed by atoms with Crippen molar-refractivity contribution < 1.29 is 19.4 Å². The monoisotopic (exact) mass is 415 g/mol. The SMILES string of the molecule is COc1ccc(/C(O)=C2/C(=O)C(=O)N(Cc3ccncc3)C2c2ccncc2)cc1C. The normalized spacial score (nSPS) is 17.7. The first-order valence-corrected chi connectivity index (χ1v) is 9.73. The van der Waals surface area contributed by atoms with Crippen LogP contribution in [0.4, 0.5) is 0 Å². The number of benzene rings is 1. The minimum absolute atomic E-state index is 0.0508. The van der Waals surface area contributed by atoms with E-state index in [1.807, 2.05) is 6.92 Å². The second-order valence-corrected chi connectivity index (χ2v) is 7.25. The first-order valence-electron chi connectivity index (χ1n) is 9.73. The van der Waals surface area contributed by atoms with Gasteiger partial charge in [0.15, 0.2) is 0 Å². The molecule has 1 saturated heterocycles. The number of methoxy groups -OCH3 is 1. The maximum absolute atomic E-state index is 13.1. The average Bonchev–Trinajstić information content (AvgIpc) is 3.04. The number of carbonyl (C=O) groups excluding carboxylic acids is 2. The molecule has 4 rings (SSSR count). The third kappa shape index (κ3) is 3.77. The molecule has 31 heavy (non-hydrogen) atoms. The van der Waals surface area contributed by atoms with Crippen molar-refractivity contribution in [2.24, 2.45) is 0 Å². The highest BCUT2D eigenvalue weighted by Crippen LogP contribution is 2.40. The Morgan fingerprint density at radius 2 is 1.68 bits per heavy atom. The Kier molecular flexibility index (Phi) is 5.49. The topological polar surface area (TPSA) is 92.6 Å².